The monoisotopic (exact) mass is 368 g/mol. The number of hydrogen-bond donors (Lipinski definition) is 1. The highest BCUT2D eigenvalue weighted by Gasteiger charge is 2.11. The summed E-state index contributed by atoms with van der Waals surface area (Å²) in [5.74, 6) is -0.438. The molecule has 26 heavy (non-hydrogen) atoms. The lowest BCUT2D eigenvalue weighted by Gasteiger charge is -2.07. The van der Waals surface area contributed by atoms with Crippen LogP contribution in [0.25, 0.3) is 5.82 Å². The Hall–Kier alpha value is -3.13. The summed E-state index contributed by atoms with van der Waals surface area (Å²) in [7, 11) is 0. The highest BCUT2D eigenvalue weighted by atomic mass is 32.2. The Bertz CT molecular complexity index is 878. The van der Waals surface area contributed by atoms with Gasteiger partial charge in [-0.05, 0) is 48.7 Å². The fourth-order valence-electron chi connectivity index (χ4n) is 2.13. The van der Waals surface area contributed by atoms with Crippen molar-refractivity contribution in [3.05, 3.63) is 66.6 Å². The number of hydrogen-bond acceptors (Lipinski definition) is 6. The van der Waals surface area contributed by atoms with E-state index in [4.69, 9.17) is 4.74 Å². The Morgan fingerprint density at radius 1 is 1.19 bits per heavy atom. The molecule has 1 N–H and O–H groups in total. The van der Waals surface area contributed by atoms with Crippen LogP contribution in [0.5, 0.6) is 0 Å². The van der Waals surface area contributed by atoms with Crippen LogP contribution < -0.4 is 5.32 Å². The average molecular weight is 368 g/mol. The molecule has 2 heterocycles. The van der Waals surface area contributed by atoms with Crippen molar-refractivity contribution in [2.45, 2.75) is 4.90 Å². The lowest BCUT2D eigenvalue weighted by molar-refractivity contribution is -0.119. The molecule has 0 bridgehead atoms. The number of carbonyl (C=O) groups is 2. The van der Waals surface area contributed by atoms with Crippen LogP contribution in [0.2, 0.25) is 0 Å². The Labute approximate surface area is 154 Å². The molecule has 2 aromatic heterocycles. The summed E-state index contributed by atoms with van der Waals surface area (Å²) in [6.07, 6.45) is 6.75. The molecule has 0 spiro atoms. The van der Waals surface area contributed by atoms with Gasteiger partial charge in [0.25, 0.3) is 5.91 Å². The van der Waals surface area contributed by atoms with Gasteiger partial charge in [0.05, 0.1) is 5.56 Å². The van der Waals surface area contributed by atoms with Gasteiger partial charge in [-0.15, -0.1) is 11.8 Å². The molecule has 0 aliphatic rings. The highest BCUT2D eigenvalue weighted by Crippen LogP contribution is 2.17. The summed E-state index contributed by atoms with van der Waals surface area (Å²) in [6, 6.07) is 12.4. The number of thioether (sulfide) groups is 1. The zero-order chi connectivity index (χ0) is 18.4. The lowest BCUT2D eigenvalue weighted by atomic mass is 10.3. The first-order valence-electron chi connectivity index (χ1n) is 7.73. The summed E-state index contributed by atoms with van der Waals surface area (Å²) >= 11 is 1.61. The summed E-state index contributed by atoms with van der Waals surface area (Å²) in [6.45, 7) is -0.371. The first kappa shape index (κ1) is 17.7. The third kappa shape index (κ3) is 4.48. The predicted octanol–water partition coefficient (Wildman–Crippen LogP) is 2.78. The van der Waals surface area contributed by atoms with Crippen molar-refractivity contribution in [3.8, 4) is 5.82 Å². The van der Waals surface area contributed by atoms with Gasteiger partial charge in [-0.3, -0.25) is 4.79 Å². The van der Waals surface area contributed by atoms with E-state index in [9.17, 15) is 9.59 Å². The molecular weight excluding hydrogens is 352 g/mol. The van der Waals surface area contributed by atoms with Crippen molar-refractivity contribution in [2.24, 2.45) is 0 Å². The van der Waals surface area contributed by atoms with Crippen LogP contribution in [0.15, 0.2) is 66.0 Å². The summed E-state index contributed by atoms with van der Waals surface area (Å²) in [5, 5.41) is 6.73. The fraction of sp³-hybridized carbons (Fsp3) is 0.111. The van der Waals surface area contributed by atoms with Crippen LogP contribution in [0.1, 0.15) is 10.4 Å². The number of carbonyl (C=O) groups excluding carboxylic acids is 2. The Kier molecular flexibility index (Phi) is 5.65. The second-order valence-corrected chi connectivity index (χ2v) is 6.09. The summed E-state index contributed by atoms with van der Waals surface area (Å²) in [4.78, 5) is 29.2. The molecule has 1 amide bonds. The zero-order valence-corrected chi connectivity index (χ0v) is 14.8. The molecule has 0 aliphatic carbocycles. The van der Waals surface area contributed by atoms with Gasteiger partial charge in [-0.2, -0.15) is 5.10 Å². The Balaban J connectivity index is 1.52. The standard InChI is InChI=1S/C18H16N4O3S/c1-26-15-6-4-14(5-7-15)21-17(23)12-25-18(24)13-3-8-16(19-11-13)22-10-2-9-20-22/h2-11H,12H2,1H3,(H,21,23). The number of benzene rings is 1. The number of nitrogens with zero attached hydrogens (tertiary/aromatic N) is 3. The van der Waals surface area contributed by atoms with Gasteiger partial charge in [-0.25, -0.2) is 14.5 Å². The Morgan fingerprint density at radius 3 is 2.62 bits per heavy atom. The van der Waals surface area contributed by atoms with Crippen LogP contribution >= 0.6 is 11.8 Å². The molecular formula is C18H16N4O3S. The number of esters is 1. The van der Waals surface area contributed by atoms with Crippen molar-refractivity contribution >= 4 is 29.3 Å². The minimum Gasteiger partial charge on any atom is -0.452 e. The molecule has 0 atom stereocenters. The van der Waals surface area contributed by atoms with E-state index in [-0.39, 0.29) is 12.2 Å². The molecule has 0 radical (unpaired) electrons. The molecule has 0 fully saturated rings. The molecule has 3 aromatic rings. The smallest absolute Gasteiger partial charge is 0.340 e. The number of nitrogens with one attached hydrogen (secondary N) is 1. The molecule has 0 unspecified atom stereocenters. The number of pyridine rings is 1. The van der Waals surface area contributed by atoms with Gasteiger partial charge in [0.15, 0.2) is 12.4 Å². The Morgan fingerprint density at radius 2 is 2.00 bits per heavy atom. The summed E-state index contributed by atoms with van der Waals surface area (Å²) < 4.78 is 6.59. The molecule has 0 saturated carbocycles. The van der Waals surface area contributed by atoms with Crippen LogP contribution in [-0.2, 0) is 9.53 Å². The minimum absolute atomic E-state index is 0.262. The van der Waals surface area contributed by atoms with Crippen LogP contribution in [0.3, 0.4) is 0 Å². The van der Waals surface area contributed by atoms with E-state index < -0.39 is 11.9 Å². The first-order valence-corrected chi connectivity index (χ1v) is 8.95. The first-order chi connectivity index (χ1) is 12.7. The van der Waals surface area contributed by atoms with E-state index in [1.807, 2.05) is 18.4 Å². The maximum absolute atomic E-state index is 12.0. The van der Waals surface area contributed by atoms with Gasteiger partial charge >= 0.3 is 5.97 Å². The topological polar surface area (TPSA) is 86.1 Å². The largest absolute Gasteiger partial charge is 0.452 e. The van der Waals surface area contributed by atoms with E-state index >= 15 is 0 Å². The van der Waals surface area contributed by atoms with Crippen LogP contribution in [0.4, 0.5) is 5.69 Å². The molecule has 0 aliphatic heterocycles. The number of rotatable bonds is 6. The highest BCUT2D eigenvalue weighted by molar-refractivity contribution is 7.98. The summed E-state index contributed by atoms with van der Waals surface area (Å²) in [5.41, 5.74) is 0.909. The van der Waals surface area contributed by atoms with E-state index in [0.717, 1.165) is 4.90 Å². The van der Waals surface area contributed by atoms with Crippen molar-refractivity contribution in [3.63, 3.8) is 0 Å². The maximum Gasteiger partial charge on any atom is 0.340 e. The van der Waals surface area contributed by atoms with Gasteiger partial charge in [-0.1, -0.05) is 0 Å². The van der Waals surface area contributed by atoms with Gasteiger partial charge < -0.3 is 10.1 Å². The zero-order valence-electron chi connectivity index (χ0n) is 14.0. The van der Waals surface area contributed by atoms with Crippen LogP contribution in [0, 0.1) is 0 Å². The average Bonchev–Trinajstić information content (AvgIpc) is 3.21. The molecule has 1 aromatic carbocycles. The minimum atomic E-state index is -0.614. The number of anilines is 1. The quantitative estimate of drug-likeness (QED) is 0.532. The van der Waals surface area contributed by atoms with E-state index in [0.29, 0.717) is 11.5 Å². The fourth-order valence-corrected chi connectivity index (χ4v) is 2.54. The predicted molar refractivity (Wildman–Crippen MR) is 98.5 cm³/mol. The number of aromatic nitrogens is 3. The third-order valence-corrected chi connectivity index (χ3v) is 4.17. The molecule has 8 heteroatoms. The molecule has 0 saturated heterocycles. The molecule has 7 nitrogen and oxygen atoms in total. The number of amides is 1. The van der Waals surface area contributed by atoms with Crippen LogP contribution in [-0.4, -0.2) is 39.5 Å². The van der Waals surface area contributed by atoms with Gasteiger partial charge in [0, 0.05) is 29.2 Å². The lowest BCUT2D eigenvalue weighted by Crippen LogP contribution is -2.21. The van der Waals surface area contributed by atoms with Gasteiger partial charge in [0.1, 0.15) is 0 Å². The van der Waals surface area contributed by atoms with Gasteiger partial charge in [0.2, 0.25) is 0 Å². The van der Waals surface area contributed by atoms with Crippen molar-refractivity contribution in [1.82, 2.24) is 14.8 Å². The van der Waals surface area contributed by atoms with Crippen molar-refractivity contribution in [2.75, 3.05) is 18.2 Å². The SMILES string of the molecule is CSc1ccc(NC(=O)COC(=O)c2ccc(-n3cccn3)nc2)cc1. The third-order valence-electron chi connectivity index (χ3n) is 3.43. The maximum atomic E-state index is 12.0. The van der Waals surface area contributed by atoms with Crippen molar-refractivity contribution in [1.29, 1.82) is 0 Å². The second kappa shape index (κ2) is 8.30. The second-order valence-electron chi connectivity index (χ2n) is 5.21. The van der Waals surface area contributed by atoms with E-state index in [1.54, 1.807) is 59.2 Å². The van der Waals surface area contributed by atoms with E-state index in [2.05, 4.69) is 15.4 Å². The van der Waals surface area contributed by atoms with Crippen molar-refractivity contribution < 1.29 is 14.3 Å². The number of ether oxygens (including phenoxy) is 1. The molecule has 3 rings (SSSR count). The van der Waals surface area contributed by atoms with E-state index in [1.165, 1.54) is 6.20 Å². The normalized spacial score (nSPS) is 10.3. The molecule has 132 valence electrons.